The zero-order valence-electron chi connectivity index (χ0n) is 14.1. The van der Waals surface area contributed by atoms with E-state index in [-0.39, 0.29) is 23.1 Å². The number of likely N-dealkylation sites (tertiary alicyclic amines) is 2. The van der Waals surface area contributed by atoms with Crippen molar-refractivity contribution in [2.75, 3.05) is 53.1 Å². The Labute approximate surface area is 138 Å². The van der Waals surface area contributed by atoms with Crippen LogP contribution in [-0.4, -0.2) is 74.7 Å². The van der Waals surface area contributed by atoms with Crippen molar-refractivity contribution >= 4 is 11.8 Å². The van der Waals surface area contributed by atoms with Gasteiger partial charge in [0.05, 0.1) is 24.5 Å². The van der Waals surface area contributed by atoms with Crippen LogP contribution >= 0.6 is 0 Å². The van der Waals surface area contributed by atoms with Gasteiger partial charge in [0.2, 0.25) is 11.8 Å². The van der Waals surface area contributed by atoms with Gasteiger partial charge in [-0.15, -0.1) is 0 Å². The van der Waals surface area contributed by atoms with Crippen molar-refractivity contribution in [2.24, 2.45) is 11.3 Å². The number of ether oxygens (including phenoxy) is 2. The van der Waals surface area contributed by atoms with Crippen molar-refractivity contribution in [2.45, 2.75) is 32.1 Å². The zero-order valence-corrected chi connectivity index (χ0v) is 14.1. The molecule has 0 N–H and O–H groups in total. The summed E-state index contributed by atoms with van der Waals surface area (Å²) in [5, 5.41) is 0. The fourth-order valence-corrected chi connectivity index (χ4v) is 4.17. The third-order valence-electron chi connectivity index (χ3n) is 5.70. The molecule has 23 heavy (non-hydrogen) atoms. The van der Waals surface area contributed by atoms with E-state index in [1.165, 1.54) is 0 Å². The molecule has 3 heterocycles. The molecule has 0 aromatic rings. The molecule has 2 atom stereocenters. The zero-order chi connectivity index (χ0) is 16.3. The Bertz CT molecular complexity index is 450. The molecule has 3 saturated heterocycles. The van der Waals surface area contributed by atoms with E-state index in [0.29, 0.717) is 32.9 Å². The molecule has 3 rings (SSSR count). The third kappa shape index (κ3) is 3.38. The fraction of sp³-hybridized carbons (Fsp3) is 0.882. The Kier molecular flexibility index (Phi) is 5.21. The average molecular weight is 324 g/mol. The quantitative estimate of drug-likeness (QED) is 0.771. The summed E-state index contributed by atoms with van der Waals surface area (Å²) in [5.74, 6) is 0.524. The van der Waals surface area contributed by atoms with Crippen LogP contribution in [0.3, 0.4) is 0 Å². The molecule has 2 amide bonds. The van der Waals surface area contributed by atoms with E-state index in [9.17, 15) is 9.59 Å². The van der Waals surface area contributed by atoms with Crippen molar-refractivity contribution in [3.05, 3.63) is 0 Å². The summed E-state index contributed by atoms with van der Waals surface area (Å²) >= 11 is 0. The van der Waals surface area contributed by atoms with Crippen LogP contribution in [0.25, 0.3) is 0 Å². The lowest BCUT2D eigenvalue weighted by Gasteiger charge is -2.27. The van der Waals surface area contributed by atoms with Crippen molar-refractivity contribution in [3.63, 3.8) is 0 Å². The van der Waals surface area contributed by atoms with Crippen LogP contribution in [0.15, 0.2) is 0 Å². The van der Waals surface area contributed by atoms with Crippen molar-refractivity contribution < 1.29 is 19.1 Å². The minimum Gasteiger partial charge on any atom is -0.383 e. The highest BCUT2D eigenvalue weighted by Crippen LogP contribution is 2.41. The molecule has 0 bridgehead atoms. The summed E-state index contributed by atoms with van der Waals surface area (Å²) < 4.78 is 10.4. The van der Waals surface area contributed by atoms with E-state index in [2.05, 4.69) is 0 Å². The first-order valence-corrected chi connectivity index (χ1v) is 8.81. The topological polar surface area (TPSA) is 59.1 Å². The maximum Gasteiger partial charge on any atom is 0.229 e. The molecule has 3 aliphatic heterocycles. The summed E-state index contributed by atoms with van der Waals surface area (Å²) in [6.45, 7) is 4.84. The predicted octanol–water partition coefficient (Wildman–Crippen LogP) is 0.901. The normalized spacial score (nSPS) is 31.9. The molecule has 0 unspecified atom stereocenters. The smallest absolute Gasteiger partial charge is 0.229 e. The van der Waals surface area contributed by atoms with Gasteiger partial charge in [0.15, 0.2) is 0 Å². The summed E-state index contributed by atoms with van der Waals surface area (Å²) in [4.78, 5) is 29.3. The first kappa shape index (κ1) is 16.7. The molecule has 6 nitrogen and oxygen atoms in total. The maximum atomic E-state index is 12.8. The first-order chi connectivity index (χ1) is 11.2. The monoisotopic (exact) mass is 324 g/mol. The van der Waals surface area contributed by atoms with Crippen LogP contribution < -0.4 is 0 Å². The number of carbonyl (C=O) groups excluding carboxylic acids is 2. The van der Waals surface area contributed by atoms with Crippen LogP contribution in [0.2, 0.25) is 0 Å². The second-order valence-corrected chi connectivity index (χ2v) is 7.05. The Morgan fingerprint density at radius 2 is 2.13 bits per heavy atom. The molecule has 0 radical (unpaired) electrons. The van der Waals surface area contributed by atoms with Crippen LogP contribution in [-0.2, 0) is 19.1 Å². The Morgan fingerprint density at radius 3 is 2.87 bits per heavy atom. The van der Waals surface area contributed by atoms with Gasteiger partial charge >= 0.3 is 0 Å². The number of methoxy groups -OCH3 is 1. The standard InChI is InChI=1S/C17H28N2O4/c1-22-12-10-19-9-6-17(16(19)21)4-2-7-18(8-5-17)15(20)14-3-11-23-13-14/h14H,2-13H2,1H3/t14-,17-/m0/s1. The molecule has 0 aromatic heterocycles. The number of rotatable bonds is 4. The Morgan fingerprint density at radius 1 is 1.30 bits per heavy atom. The second-order valence-electron chi connectivity index (χ2n) is 7.05. The van der Waals surface area contributed by atoms with Crippen molar-refractivity contribution in [3.8, 4) is 0 Å². The molecule has 1 spiro atoms. The van der Waals surface area contributed by atoms with E-state index in [4.69, 9.17) is 9.47 Å². The molecule has 6 heteroatoms. The van der Waals surface area contributed by atoms with Gasteiger partial charge in [-0.05, 0) is 32.1 Å². The van der Waals surface area contributed by atoms with E-state index in [1.807, 2.05) is 9.80 Å². The SMILES string of the molecule is COCCN1CC[C@@]2(CCCN(C(=O)[C@H]3CCOC3)CC2)C1=O. The fourth-order valence-electron chi connectivity index (χ4n) is 4.17. The predicted molar refractivity (Wildman–Crippen MR) is 84.9 cm³/mol. The average Bonchev–Trinajstić information content (AvgIpc) is 3.12. The highest BCUT2D eigenvalue weighted by molar-refractivity contribution is 5.85. The minimum atomic E-state index is -0.241. The Hall–Kier alpha value is -1.14. The lowest BCUT2D eigenvalue weighted by molar-refractivity contribution is -0.138. The van der Waals surface area contributed by atoms with Gasteiger partial charge < -0.3 is 19.3 Å². The maximum absolute atomic E-state index is 12.8. The number of carbonyl (C=O) groups is 2. The van der Waals surface area contributed by atoms with Gasteiger partial charge in [-0.3, -0.25) is 9.59 Å². The van der Waals surface area contributed by atoms with Crippen LogP contribution in [0, 0.1) is 11.3 Å². The lowest BCUT2D eigenvalue weighted by atomic mass is 9.79. The van der Waals surface area contributed by atoms with E-state index in [0.717, 1.165) is 45.2 Å². The molecule has 3 aliphatic rings. The molecular formula is C17H28N2O4. The summed E-state index contributed by atoms with van der Waals surface area (Å²) in [6.07, 6.45) is 4.38. The van der Waals surface area contributed by atoms with Gasteiger partial charge in [-0.2, -0.15) is 0 Å². The van der Waals surface area contributed by atoms with E-state index in [1.54, 1.807) is 7.11 Å². The number of hydrogen-bond donors (Lipinski definition) is 0. The van der Waals surface area contributed by atoms with Crippen LogP contribution in [0.4, 0.5) is 0 Å². The molecule has 3 fully saturated rings. The second kappa shape index (κ2) is 7.18. The minimum absolute atomic E-state index is 0.0292. The van der Waals surface area contributed by atoms with Gasteiger partial charge in [-0.25, -0.2) is 0 Å². The first-order valence-electron chi connectivity index (χ1n) is 8.81. The molecule has 0 saturated carbocycles. The van der Waals surface area contributed by atoms with Gasteiger partial charge in [0.25, 0.3) is 0 Å². The van der Waals surface area contributed by atoms with Crippen LogP contribution in [0.1, 0.15) is 32.1 Å². The summed E-state index contributed by atoms with van der Waals surface area (Å²) in [7, 11) is 1.66. The van der Waals surface area contributed by atoms with Crippen molar-refractivity contribution in [1.82, 2.24) is 9.80 Å². The lowest BCUT2D eigenvalue weighted by Crippen LogP contribution is -2.39. The largest absolute Gasteiger partial charge is 0.383 e. The summed E-state index contributed by atoms with van der Waals surface area (Å²) in [5.41, 5.74) is -0.241. The van der Waals surface area contributed by atoms with E-state index < -0.39 is 0 Å². The highest BCUT2D eigenvalue weighted by atomic mass is 16.5. The van der Waals surface area contributed by atoms with Crippen LogP contribution in [0.5, 0.6) is 0 Å². The van der Waals surface area contributed by atoms with Gasteiger partial charge in [0, 0.05) is 39.9 Å². The molecule has 0 aliphatic carbocycles. The van der Waals surface area contributed by atoms with E-state index >= 15 is 0 Å². The molecule has 130 valence electrons. The number of hydrogen-bond acceptors (Lipinski definition) is 4. The van der Waals surface area contributed by atoms with Gasteiger partial charge in [0.1, 0.15) is 0 Å². The highest BCUT2D eigenvalue weighted by Gasteiger charge is 2.47. The summed E-state index contributed by atoms with van der Waals surface area (Å²) in [6, 6.07) is 0. The number of nitrogens with zero attached hydrogens (tertiary/aromatic N) is 2. The molecule has 0 aromatic carbocycles. The third-order valence-corrected chi connectivity index (χ3v) is 5.70. The number of amides is 2. The molecular weight excluding hydrogens is 296 g/mol. The van der Waals surface area contributed by atoms with Crippen molar-refractivity contribution in [1.29, 1.82) is 0 Å². The van der Waals surface area contributed by atoms with Gasteiger partial charge in [-0.1, -0.05) is 0 Å². The Balaban J connectivity index is 1.59.